The summed E-state index contributed by atoms with van der Waals surface area (Å²) in [7, 11) is -4.19. The first-order chi connectivity index (χ1) is 13.4. The summed E-state index contributed by atoms with van der Waals surface area (Å²) in [5.74, 6) is -0.497. The number of hydrogen-bond donors (Lipinski definition) is 2. The number of primary sulfonamides is 1. The van der Waals surface area contributed by atoms with Crippen molar-refractivity contribution in [1.82, 2.24) is 5.32 Å². The van der Waals surface area contributed by atoms with E-state index in [1.54, 1.807) is 12.1 Å². The minimum absolute atomic E-state index is 0.185. The van der Waals surface area contributed by atoms with E-state index < -0.39 is 27.6 Å². The van der Waals surface area contributed by atoms with Crippen molar-refractivity contribution in [2.24, 2.45) is 5.14 Å². The van der Waals surface area contributed by atoms with Crippen molar-refractivity contribution in [3.63, 3.8) is 0 Å². The molecule has 2 aromatic rings. The van der Waals surface area contributed by atoms with Crippen LogP contribution in [0.3, 0.4) is 0 Å². The number of nitrogens with two attached hydrogens (primary N) is 1. The van der Waals surface area contributed by atoms with E-state index in [9.17, 15) is 21.6 Å². The molecule has 0 bridgehead atoms. The van der Waals surface area contributed by atoms with Crippen LogP contribution in [0.2, 0.25) is 5.02 Å². The van der Waals surface area contributed by atoms with Crippen molar-refractivity contribution in [3.8, 4) is 5.75 Å². The van der Waals surface area contributed by atoms with Crippen LogP contribution >= 0.6 is 11.6 Å². The van der Waals surface area contributed by atoms with E-state index in [0.717, 1.165) is 29.3 Å². The summed E-state index contributed by atoms with van der Waals surface area (Å²) >= 11 is 6.14. The summed E-state index contributed by atoms with van der Waals surface area (Å²) in [6, 6.07) is 8.45. The number of ether oxygens (including phenoxy) is 1. The number of benzene rings is 2. The lowest BCUT2D eigenvalue weighted by Crippen LogP contribution is -2.42. The Balaban J connectivity index is 2.28. The monoisotopic (exact) mass is 448 g/mol. The average molecular weight is 449 g/mol. The van der Waals surface area contributed by atoms with E-state index in [0.29, 0.717) is 31.0 Å². The third kappa shape index (κ3) is 4.69. The van der Waals surface area contributed by atoms with Gasteiger partial charge in [-0.15, -0.1) is 13.2 Å². The topological polar surface area (TPSA) is 81.4 Å². The number of halogens is 4. The van der Waals surface area contributed by atoms with Gasteiger partial charge in [-0.3, -0.25) is 0 Å². The van der Waals surface area contributed by atoms with Crippen LogP contribution in [-0.4, -0.2) is 27.9 Å². The Morgan fingerprint density at radius 1 is 1.14 bits per heavy atom. The molecule has 0 radical (unpaired) electrons. The third-order valence-electron chi connectivity index (χ3n) is 5.17. The number of alkyl halides is 3. The Labute approximate surface area is 172 Å². The summed E-state index contributed by atoms with van der Waals surface area (Å²) in [6.45, 7) is 2.91. The predicted octanol–water partition coefficient (Wildman–Crippen LogP) is 3.86. The summed E-state index contributed by atoms with van der Waals surface area (Å²) in [5, 5.41) is 9.14. The molecule has 3 N–H and O–H groups in total. The quantitative estimate of drug-likeness (QED) is 0.744. The Bertz CT molecular complexity index is 1020. The van der Waals surface area contributed by atoms with Crippen molar-refractivity contribution >= 4 is 21.6 Å². The Hall–Kier alpha value is -1.81. The molecule has 0 saturated carbocycles. The fraction of sp³-hybridized carbons (Fsp3) is 0.368. The summed E-state index contributed by atoms with van der Waals surface area (Å²) in [5.41, 5.74) is 0.856. The first-order valence-corrected chi connectivity index (χ1v) is 10.8. The second kappa shape index (κ2) is 7.79. The number of nitrogens with one attached hydrogen (secondary N) is 1. The van der Waals surface area contributed by atoms with Gasteiger partial charge in [0.05, 0.1) is 4.90 Å². The Kier molecular flexibility index (Phi) is 5.88. The molecule has 0 amide bonds. The van der Waals surface area contributed by atoms with Gasteiger partial charge < -0.3 is 10.1 Å². The molecular formula is C19H20ClF3N2O3S. The lowest BCUT2D eigenvalue weighted by atomic mass is 9.68. The zero-order valence-corrected chi connectivity index (χ0v) is 17.1. The van der Waals surface area contributed by atoms with Gasteiger partial charge in [-0.05, 0) is 73.8 Å². The van der Waals surface area contributed by atoms with Gasteiger partial charge in [0.25, 0.3) is 0 Å². The van der Waals surface area contributed by atoms with Gasteiger partial charge in [0, 0.05) is 10.4 Å². The van der Waals surface area contributed by atoms with Crippen LogP contribution in [0.15, 0.2) is 41.3 Å². The number of rotatable bonds is 4. The number of sulfonamides is 1. The zero-order chi connectivity index (χ0) is 21.4. The van der Waals surface area contributed by atoms with Crippen LogP contribution in [0.1, 0.15) is 29.5 Å². The normalized spacial score (nSPS) is 17.2. The molecule has 1 fully saturated rings. The fourth-order valence-corrected chi connectivity index (χ4v) is 4.77. The Morgan fingerprint density at radius 3 is 2.34 bits per heavy atom. The molecule has 0 aromatic heterocycles. The lowest BCUT2D eigenvalue weighted by molar-refractivity contribution is -0.274. The smallest absolute Gasteiger partial charge is 0.406 e. The molecule has 1 aliphatic rings. The van der Waals surface area contributed by atoms with Gasteiger partial charge in [-0.25, -0.2) is 13.6 Å². The molecule has 1 aliphatic heterocycles. The van der Waals surface area contributed by atoms with E-state index in [1.807, 2.05) is 13.0 Å². The maximum absolute atomic E-state index is 12.8. The molecule has 29 heavy (non-hydrogen) atoms. The summed E-state index contributed by atoms with van der Waals surface area (Å²) in [6.07, 6.45) is -3.98. The molecule has 0 atom stereocenters. The van der Waals surface area contributed by atoms with Gasteiger partial charge in [-0.1, -0.05) is 23.7 Å². The van der Waals surface area contributed by atoms with Crippen LogP contribution in [0.4, 0.5) is 13.2 Å². The number of hydrogen-bond acceptors (Lipinski definition) is 4. The van der Waals surface area contributed by atoms with Crippen LogP contribution in [0, 0.1) is 6.92 Å². The van der Waals surface area contributed by atoms with Crippen LogP contribution in [-0.2, 0) is 15.4 Å². The molecule has 0 unspecified atom stereocenters. The van der Waals surface area contributed by atoms with Gasteiger partial charge in [0.2, 0.25) is 10.0 Å². The summed E-state index contributed by atoms with van der Waals surface area (Å²) < 4.78 is 66.9. The van der Waals surface area contributed by atoms with E-state index in [2.05, 4.69) is 10.1 Å². The predicted molar refractivity (Wildman–Crippen MR) is 104 cm³/mol. The molecular weight excluding hydrogens is 429 g/mol. The van der Waals surface area contributed by atoms with Gasteiger partial charge in [0.15, 0.2) is 0 Å². The van der Waals surface area contributed by atoms with E-state index >= 15 is 0 Å². The molecule has 158 valence electrons. The first-order valence-electron chi connectivity index (χ1n) is 8.83. The first kappa shape index (κ1) is 21.9. The number of piperidine rings is 1. The second-order valence-electron chi connectivity index (χ2n) is 7.05. The van der Waals surface area contributed by atoms with Crippen molar-refractivity contribution in [2.75, 3.05) is 13.1 Å². The molecule has 10 heteroatoms. The highest BCUT2D eigenvalue weighted by Crippen LogP contribution is 2.45. The number of aryl methyl sites for hydroxylation is 1. The molecule has 0 aliphatic carbocycles. The van der Waals surface area contributed by atoms with Gasteiger partial charge in [0.1, 0.15) is 5.75 Å². The molecule has 1 saturated heterocycles. The van der Waals surface area contributed by atoms with Gasteiger partial charge in [-0.2, -0.15) is 0 Å². The molecule has 3 rings (SSSR count). The lowest BCUT2D eigenvalue weighted by Gasteiger charge is -2.40. The maximum atomic E-state index is 12.8. The molecule has 1 heterocycles. The standard InChI is InChI=1S/C19H20ClF3N2O3S/c1-12-10-13(2-4-16(12)20)18(6-8-25-9-7-18)15-11-14(28-19(21,22)23)3-5-17(15)29(24,26)27/h2-5,10-11,25H,6-9H2,1H3,(H2,24,26,27). The van der Waals surface area contributed by atoms with Crippen LogP contribution in [0.25, 0.3) is 0 Å². The molecule has 0 spiro atoms. The minimum atomic E-state index is -4.90. The highest BCUT2D eigenvalue weighted by atomic mass is 35.5. The molecule has 2 aromatic carbocycles. The fourth-order valence-electron chi connectivity index (χ4n) is 3.84. The average Bonchev–Trinajstić information content (AvgIpc) is 2.62. The minimum Gasteiger partial charge on any atom is -0.406 e. The van der Waals surface area contributed by atoms with Gasteiger partial charge >= 0.3 is 6.36 Å². The van der Waals surface area contributed by atoms with Crippen LogP contribution in [0.5, 0.6) is 5.75 Å². The van der Waals surface area contributed by atoms with E-state index in [-0.39, 0.29) is 10.5 Å². The molecule has 5 nitrogen and oxygen atoms in total. The van der Waals surface area contributed by atoms with Crippen molar-refractivity contribution < 1.29 is 26.3 Å². The van der Waals surface area contributed by atoms with Crippen LogP contribution < -0.4 is 15.2 Å². The summed E-state index contributed by atoms with van der Waals surface area (Å²) in [4.78, 5) is -0.221. The second-order valence-corrected chi connectivity index (χ2v) is 8.98. The Morgan fingerprint density at radius 2 is 1.79 bits per heavy atom. The highest BCUT2D eigenvalue weighted by Gasteiger charge is 2.40. The largest absolute Gasteiger partial charge is 0.573 e. The van der Waals surface area contributed by atoms with Crippen molar-refractivity contribution in [1.29, 1.82) is 0 Å². The van der Waals surface area contributed by atoms with Crippen molar-refractivity contribution in [3.05, 3.63) is 58.1 Å². The van der Waals surface area contributed by atoms with E-state index in [1.165, 1.54) is 0 Å². The third-order valence-corrected chi connectivity index (χ3v) is 6.57. The highest BCUT2D eigenvalue weighted by molar-refractivity contribution is 7.89. The van der Waals surface area contributed by atoms with Crippen molar-refractivity contribution in [2.45, 2.75) is 36.4 Å². The van der Waals surface area contributed by atoms with E-state index in [4.69, 9.17) is 16.7 Å². The SMILES string of the molecule is Cc1cc(C2(c3cc(OC(F)(F)F)ccc3S(N)(=O)=O)CCNCC2)ccc1Cl. The zero-order valence-electron chi connectivity index (χ0n) is 15.5. The maximum Gasteiger partial charge on any atom is 0.573 e.